The highest BCUT2D eigenvalue weighted by molar-refractivity contribution is 6.80. The molecule has 0 N–H and O–H groups in total. The third-order valence-electron chi connectivity index (χ3n) is 7.63. The Hall–Kier alpha value is -1.66. The Kier molecular flexibility index (Phi) is 7.35. The van der Waals surface area contributed by atoms with Crippen molar-refractivity contribution in [2.45, 2.75) is 89.9 Å². The molecule has 0 unspecified atom stereocenters. The molecule has 0 amide bonds. The Bertz CT molecular complexity index is 881. The van der Waals surface area contributed by atoms with E-state index < -0.39 is 9.04 Å². The molecule has 0 bridgehead atoms. The Morgan fingerprint density at radius 2 is 1.33 bits per heavy atom. The molecule has 5 heteroatoms. The van der Waals surface area contributed by atoms with Crippen molar-refractivity contribution in [2.75, 3.05) is 0 Å². The van der Waals surface area contributed by atoms with E-state index >= 15 is 0 Å². The monoisotopic (exact) mass is 462 g/mol. The molecule has 176 valence electrons. The van der Waals surface area contributed by atoms with Crippen molar-refractivity contribution in [2.24, 2.45) is 0 Å². The summed E-state index contributed by atoms with van der Waals surface area (Å²) in [5, 5.41) is 2.70. The smallest absolute Gasteiger partial charge is 0.405 e. The summed E-state index contributed by atoms with van der Waals surface area (Å²) in [6, 6.07) is 21.7. The van der Waals surface area contributed by atoms with E-state index in [-0.39, 0.29) is 23.9 Å². The van der Waals surface area contributed by atoms with E-state index in [2.05, 4.69) is 101 Å². The summed E-state index contributed by atoms with van der Waals surface area (Å²) in [6.45, 7) is 10.7. The zero-order valence-corrected chi connectivity index (χ0v) is 22.1. The third kappa shape index (κ3) is 5.71. The second kappa shape index (κ2) is 9.91. The average molecular weight is 463 g/mol. The first-order valence-electron chi connectivity index (χ1n) is 12.5. The minimum atomic E-state index is -1.82. The molecule has 2 fully saturated rings. The molecule has 4 rings (SSSR count). The maximum Gasteiger partial charge on any atom is 0.487 e. The molecule has 3 nitrogen and oxygen atoms in total. The highest BCUT2D eigenvalue weighted by Crippen LogP contribution is 2.40. The molecule has 0 atom stereocenters. The van der Waals surface area contributed by atoms with Crippen LogP contribution >= 0.6 is 0 Å². The van der Waals surface area contributed by atoms with Gasteiger partial charge in [0.2, 0.25) is 9.04 Å². The fraction of sp³-hybridized carbons (Fsp3) is 0.500. The topological polar surface area (TPSA) is 27.7 Å². The molecule has 1 saturated carbocycles. The number of hydrogen-bond acceptors (Lipinski definition) is 3. The van der Waals surface area contributed by atoms with E-state index in [1.54, 1.807) is 0 Å². The second-order valence-electron chi connectivity index (χ2n) is 10.9. The van der Waals surface area contributed by atoms with E-state index in [0.29, 0.717) is 0 Å². The molecule has 2 aromatic rings. The first kappa shape index (κ1) is 24.5. The lowest BCUT2D eigenvalue weighted by Gasteiger charge is -2.41. The van der Waals surface area contributed by atoms with Gasteiger partial charge in [-0.25, -0.2) is 0 Å². The first-order valence-corrected chi connectivity index (χ1v) is 14.1. The normalized spacial score (nSPS) is 22.0. The lowest BCUT2D eigenvalue weighted by atomic mass is 9.78. The molecule has 0 spiro atoms. The lowest BCUT2D eigenvalue weighted by molar-refractivity contribution is 0.00578. The van der Waals surface area contributed by atoms with Crippen LogP contribution < -0.4 is 10.4 Å². The van der Waals surface area contributed by atoms with Crippen LogP contribution in [0.5, 0.6) is 0 Å². The molecule has 0 radical (unpaired) electrons. The van der Waals surface area contributed by atoms with Crippen molar-refractivity contribution < 1.29 is 13.7 Å². The Labute approximate surface area is 202 Å². The van der Waals surface area contributed by atoms with Crippen molar-refractivity contribution in [1.29, 1.82) is 0 Å². The van der Waals surface area contributed by atoms with Crippen molar-refractivity contribution in [3.8, 4) is 0 Å². The summed E-state index contributed by atoms with van der Waals surface area (Å²) in [6.07, 6.45) is 6.92. The van der Waals surface area contributed by atoms with Gasteiger partial charge in [0.1, 0.15) is 0 Å². The third-order valence-corrected chi connectivity index (χ3v) is 10.3. The predicted molar refractivity (Wildman–Crippen MR) is 141 cm³/mol. The average Bonchev–Trinajstić information content (AvgIpc) is 2.99. The maximum atomic E-state index is 7.28. The summed E-state index contributed by atoms with van der Waals surface area (Å²) in [4.78, 5) is 0. The van der Waals surface area contributed by atoms with Gasteiger partial charge in [0.25, 0.3) is 0 Å². The summed E-state index contributed by atoms with van der Waals surface area (Å²) in [7, 11) is -2.12. The van der Waals surface area contributed by atoms with Crippen LogP contribution in [0.1, 0.15) is 73.1 Å². The van der Waals surface area contributed by atoms with Gasteiger partial charge in [0.05, 0.1) is 16.8 Å². The molecule has 0 aromatic heterocycles. The van der Waals surface area contributed by atoms with Gasteiger partial charge in [0.15, 0.2) is 0 Å². The van der Waals surface area contributed by atoms with Crippen LogP contribution in [0.2, 0.25) is 0 Å². The molecular weight excluding hydrogens is 423 g/mol. The van der Waals surface area contributed by atoms with Crippen molar-refractivity contribution in [1.82, 2.24) is 0 Å². The van der Waals surface area contributed by atoms with Crippen LogP contribution in [0.15, 0.2) is 72.2 Å². The number of benzene rings is 2. The van der Waals surface area contributed by atoms with Crippen LogP contribution in [0, 0.1) is 0 Å². The van der Waals surface area contributed by atoms with Crippen molar-refractivity contribution in [3.05, 3.63) is 72.2 Å². The highest BCUT2D eigenvalue weighted by Gasteiger charge is 2.50. The Balaban J connectivity index is 1.59. The zero-order chi connectivity index (χ0) is 23.5. The summed E-state index contributed by atoms with van der Waals surface area (Å²) in [5.74, 6) is 2.18. The van der Waals surface area contributed by atoms with Gasteiger partial charge < -0.3 is 13.7 Å². The van der Waals surface area contributed by atoms with Gasteiger partial charge in [0, 0.05) is 0 Å². The Morgan fingerprint density at radius 3 is 1.82 bits per heavy atom. The molecule has 1 heterocycles. The summed E-state index contributed by atoms with van der Waals surface area (Å²) >= 11 is 0. The first-order chi connectivity index (χ1) is 15.7. The largest absolute Gasteiger partial charge is 0.487 e. The SMILES string of the molecule is C/C(=C\B1OC(C)(C)C(C)(C)O1)CC1(O[SiH](c2ccccc2)c2ccccc2)CCCCC1. The number of rotatable bonds is 7. The lowest BCUT2D eigenvalue weighted by Crippen LogP contribution is -2.52. The van der Waals surface area contributed by atoms with Gasteiger partial charge in [-0.15, -0.1) is 0 Å². The highest BCUT2D eigenvalue weighted by atomic mass is 28.3. The molecule has 1 aliphatic carbocycles. The van der Waals surface area contributed by atoms with E-state index in [9.17, 15) is 0 Å². The van der Waals surface area contributed by atoms with Gasteiger partial charge in [-0.3, -0.25) is 0 Å². The fourth-order valence-electron chi connectivity index (χ4n) is 5.12. The predicted octanol–water partition coefficient (Wildman–Crippen LogP) is 5.21. The molecule has 33 heavy (non-hydrogen) atoms. The standard InChI is InChI=1S/C28H39BO3Si/c1-23(22-29-30-26(2,3)27(4,5)31-29)21-28(19-13-8-14-20-28)32-33(24-15-9-6-10-16-24)25-17-11-7-12-18-25/h6-7,9-12,15-18,22,33H,8,13-14,19-21H2,1-5H3/b23-22+. The van der Waals surface area contributed by atoms with Crippen LogP contribution in [-0.2, 0) is 13.7 Å². The van der Waals surface area contributed by atoms with Crippen molar-refractivity contribution in [3.63, 3.8) is 0 Å². The number of hydrogen-bond donors (Lipinski definition) is 0. The van der Waals surface area contributed by atoms with Gasteiger partial charge in [-0.05, 0) is 64.3 Å². The van der Waals surface area contributed by atoms with E-state index in [1.165, 1.54) is 35.2 Å². The molecule has 1 saturated heterocycles. The van der Waals surface area contributed by atoms with Crippen LogP contribution in [0.25, 0.3) is 0 Å². The van der Waals surface area contributed by atoms with Crippen LogP contribution in [0.4, 0.5) is 0 Å². The summed E-state index contributed by atoms with van der Waals surface area (Å²) < 4.78 is 19.8. The minimum Gasteiger partial charge on any atom is -0.405 e. The second-order valence-corrected chi connectivity index (χ2v) is 13.2. The zero-order valence-electron chi connectivity index (χ0n) is 21.0. The minimum absolute atomic E-state index is 0.120. The molecular formula is C28H39BO3Si. The van der Waals surface area contributed by atoms with E-state index in [0.717, 1.165) is 19.3 Å². The maximum absolute atomic E-state index is 7.28. The van der Waals surface area contributed by atoms with E-state index in [1.807, 2.05) is 0 Å². The molecule has 1 aliphatic heterocycles. The summed E-state index contributed by atoms with van der Waals surface area (Å²) in [5.41, 5.74) is 0.549. The van der Waals surface area contributed by atoms with Crippen molar-refractivity contribution >= 4 is 26.5 Å². The fourth-order valence-corrected chi connectivity index (χ4v) is 7.74. The van der Waals surface area contributed by atoms with Gasteiger partial charge in [-0.2, -0.15) is 0 Å². The Morgan fingerprint density at radius 1 is 0.848 bits per heavy atom. The van der Waals surface area contributed by atoms with Crippen LogP contribution in [0.3, 0.4) is 0 Å². The van der Waals surface area contributed by atoms with Gasteiger partial charge in [-0.1, -0.05) is 91.5 Å². The molecule has 2 aromatic carbocycles. The molecule has 2 aliphatic rings. The van der Waals surface area contributed by atoms with E-state index in [4.69, 9.17) is 13.7 Å². The quantitative estimate of drug-likeness (QED) is 0.529. The van der Waals surface area contributed by atoms with Crippen LogP contribution in [-0.4, -0.2) is 33.0 Å². The van der Waals surface area contributed by atoms with Gasteiger partial charge >= 0.3 is 7.12 Å².